The SMILES string of the molecule is Cc1cnc(NCCOCC2CC2)c(=O)n1CC(=O)NCc1cc2cc[nH]c2cn1. The number of ether oxygens (including phenoxy) is 1. The number of amides is 1. The van der Waals surface area contributed by atoms with Gasteiger partial charge in [0.15, 0.2) is 5.82 Å². The highest BCUT2D eigenvalue weighted by molar-refractivity contribution is 5.79. The van der Waals surface area contributed by atoms with Gasteiger partial charge in [-0.2, -0.15) is 0 Å². The summed E-state index contributed by atoms with van der Waals surface area (Å²) < 4.78 is 6.98. The second kappa shape index (κ2) is 9.08. The molecule has 1 aliphatic rings. The van der Waals surface area contributed by atoms with E-state index in [0.29, 0.717) is 31.3 Å². The number of hydrogen-bond acceptors (Lipinski definition) is 6. The number of nitrogens with one attached hydrogen (secondary N) is 3. The number of nitrogens with zero attached hydrogens (tertiary/aromatic N) is 3. The van der Waals surface area contributed by atoms with Crippen LogP contribution in [0.3, 0.4) is 0 Å². The number of hydrogen-bond donors (Lipinski definition) is 3. The van der Waals surface area contributed by atoms with Gasteiger partial charge in [0.05, 0.1) is 30.6 Å². The molecule has 0 aromatic carbocycles. The number of aromatic amines is 1. The molecule has 4 rings (SSSR count). The summed E-state index contributed by atoms with van der Waals surface area (Å²) in [4.78, 5) is 36.7. The Morgan fingerprint density at radius 3 is 3.03 bits per heavy atom. The van der Waals surface area contributed by atoms with E-state index in [9.17, 15) is 9.59 Å². The fourth-order valence-electron chi connectivity index (χ4n) is 3.15. The van der Waals surface area contributed by atoms with Crippen LogP contribution >= 0.6 is 0 Å². The molecule has 0 unspecified atom stereocenters. The van der Waals surface area contributed by atoms with Gasteiger partial charge in [-0.1, -0.05) is 0 Å². The highest BCUT2D eigenvalue weighted by Gasteiger charge is 2.20. The summed E-state index contributed by atoms with van der Waals surface area (Å²) in [5.41, 5.74) is 2.00. The molecule has 0 saturated heterocycles. The fraction of sp³-hybridized carbons (Fsp3) is 0.429. The molecule has 0 bridgehead atoms. The lowest BCUT2D eigenvalue weighted by atomic mass is 10.2. The van der Waals surface area contributed by atoms with Gasteiger partial charge in [0.1, 0.15) is 6.54 Å². The normalized spacial score (nSPS) is 13.5. The van der Waals surface area contributed by atoms with E-state index < -0.39 is 0 Å². The number of anilines is 1. The Morgan fingerprint density at radius 1 is 1.33 bits per heavy atom. The van der Waals surface area contributed by atoms with Crippen molar-refractivity contribution in [1.29, 1.82) is 0 Å². The first-order valence-electron chi connectivity index (χ1n) is 10.2. The first-order chi connectivity index (χ1) is 14.6. The molecular weight excluding hydrogens is 384 g/mol. The third-order valence-electron chi connectivity index (χ3n) is 5.11. The smallest absolute Gasteiger partial charge is 0.293 e. The van der Waals surface area contributed by atoms with E-state index in [2.05, 4.69) is 25.6 Å². The van der Waals surface area contributed by atoms with Crippen molar-refractivity contribution in [2.24, 2.45) is 5.92 Å². The largest absolute Gasteiger partial charge is 0.379 e. The predicted molar refractivity (Wildman–Crippen MR) is 113 cm³/mol. The lowest BCUT2D eigenvalue weighted by Crippen LogP contribution is -2.35. The molecule has 3 heterocycles. The molecule has 9 nitrogen and oxygen atoms in total. The van der Waals surface area contributed by atoms with Crippen LogP contribution in [0.5, 0.6) is 0 Å². The standard InChI is InChI=1S/C21H26N6O3/c1-14-9-26-20(23-6-7-30-13-15-2-3-15)21(29)27(14)12-19(28)25-10-17-8-16-4-5-22-18(16)11-24-17/h4-5,8-9,11,15,22H,2-3,6-7,10,12-13H2,1H3,(H,23,26)(H,25,28). The minimum Gasteiger partial charge on any atom is -0.379 e. The van der Waals surface area contributed by atoms with Crippen molar-refractivity contribution in [3.05, 3.63) is 52.5 Å². The lowest BCUT2D eigenvalue weighted by Gasteiger charge is -2.12. The number of carbonyl (C=O) groups excluding carboxylic acids is 1. The minimum atomic E-state index is -0.320. The van der Waals surface area contributed by atoms with Crippen LogP contribution in [0.4, 0.5) is 5.82 Å². The lowest BCUT2D eigenvalue weighted by molar-refractivity contribution is -0.121. The van der Waals surface area contributed by atoms with Crippen molar-refractivity contribution in [2.75, 3.05) is 25.1 Å². The van der Waals surface area contributed by atoms with Gasteiger partial charge >= 0.3 is 0 Å². The Bertz CT molecular complexity index is 1090. The maximum atomic E-state index is 12.7. The van der Waals surface area contributed by atoms with Gasteiger partial charge in [-0.15, -0.1) is 0 Å². The fourth-order valence-corrected chi connectivity index (χ4v) is 3.15. The summed E-state index contributed by atoms with van der Waals surface area (Å²) in [6.07, 6.45) is 7.66. The molecule has 0 radical (unpaired) electrons. The van der Waals surface area contributed by atoms with E-state index in [-0.39, 0.29) is 23.8 Å². The second-order valence-corrected chi connectivity index (χ2v) is 7.60. The molecule has 9 heteroatoms. The number of rotatable bonds is 10. The zero-order valence-electron chi connectivity index (χ0n) is 17.0. The van der Waals surface area contributed by atoms with Crippen molar-refractivity contribution in [3.8, 4) is 0 Å². The zero-order chi connectivity index (χ0) is 20.9. The van der Waals surface area contributed by atoms with Crippen molar-refractivity contribution in [3.63, 3.8) is 0 Å². The van der Waals surface area contributed by atoms with Gasteiger partial charge in [0.2, 0.25) is 5.91 Å². The summed E-state index contributed by atoms with van der Waals surface area (Å²) >= 11 is 0. The molecule has 0 atom stereocenters. The molecule has 1 saturated carbocycles. The topological polar surface area (TPSA) is 114 Å². The van der Waals surface area contributed by atoms with Crippen molar-refractivity contribution < 1.29 is 9.53 Å². The third kappa shape index (κ3) is 5.04. The van der Waals surface area contributed by atoms with E-state index >= 15 is 0 Å². The Hall–Kier alpha value is -3.20. The highest BCUT2D eigenvalue weighted by Crippen LogP contribution is 2.28. The van der Waals surface area contributed by atoms with Gasteiger partial charge < -0.3 is 20.4 Å². The Balaban J connectivity index is 1.31. The predicted octanol–water partition coefficient (Wildman–Crippen LogP) is 1.58. The van der Waals surface area contributed by atoms with Gasteiger partial charge in [-0.3, -0.25) is 19.1 Å². The summed E-state index contributed by atoms with van der Waals surface area (Å²) in [6.45, 7) is 3.77. The average Bonchev–Trinajstić information content (AvgIpc) is 3.45. The monoisotopic (exact) mass is 410 g/mol. The van der Waals surface area contributed by atoms with Gasteiger partial charge in [-0.05, 0) is 37.8 Å². The van der Waals surface area contributed by atoms with Crippen LogP contribution in [0.25, 0.3) is 10.9 Å². The molecule has 1 amide bonds. The van der Waals surface area contributed by atoms with Crippen molar-refractivity contribution in [2.45, 2.75) is 32.9 Å². The van der Waals surface area contributed by atoms with E-state index in [1.165, 1.54) is 17.4 Å². The van der Waals surface area contributed by atoms with Crippen LogP contribution in [0, 0.1) is 12.8 Å². The van der Waals surface area contributed by atoms with Crippen LogP contribution in [-0.4, -0.2) is 45.2 Å². The Kier molecular flexibility index (Phi) is 6.08. The molecule has 3 aromatic rings. The van der Waals surface area contributed by atoms with Crippen LogP contribution in [-0.2, 0) is 22.6 Å². The number of carbonyl (C=O) groups is 1. The molecule has 30 heavy (non-hydrogen) atoms. The van der Waals surface area contributed by atoms with E-state index in [1.54, 1.807) is 19.3 Å². The van der Waals surface area contributed by atoms with Crippen LogP contribution in [0.1, 0.15) is 24.2 Å². The summed E-state index contributed by atoms with van der Waals surface area (Å²) in [6, 6.07) is 3.87. The quantitative estimate of drug-likeness (QED) is 0.437. The van der Waals surface area contributed by atoms with Crippen LogP contribution < -0.4 is 16.2 Å². The van der Waals surface area contributed by atoms with Gasteiger partial charge in [-0.25, -0.2) is 4.98 Å². The highest BCUT2D eigenvalue weighted by atomic mass is 16.5. The first-order valence-corrected chi connectivity index (χ1v) is 10.2. The number of aryl methyl sites for hydroxylation is 1. The molecule has 158 valence electrons. The van der Waals surface area contributed by atoms with Crippen LogP contribution in [0.2, 0.25) is 0 Å². The molecule has 1 aliphatic carbocycles. The maximum absolute atomic E-state index is 12.7. The number of aromatic nitrogens is 4. The van der Waals surface area contributed by atoms with E-state index in [0.717, 1.165) is 23.2 Å². The summed E-state index contributed by atoms with van der Waals surface area (Å²) in [5, 5.41) is 6.86. The molecule has 3 N–H and O–H groups in total. The van der Waals surface area contributed by atoms with E-state index in [4.69, 9.17) is 4.74 Å². The number of fused-ring (bicyclic) bond motifs is 1. The average molecular weight is 410 g/mol. The van der Waals surface area contributed by atoms with Crippen molar-refractivity contribution in [1.82, 2.24) is 24.8 Å². The number of H-pyrrole nitrogens is 1. The molecule has 0 spiro atoms. The first kappa shape index (κ1) is 20.1. The van der Waals surface area contributed by atoms with Crippen LogP contribution in [0.15, 0.2) is 35.5 Å². The number of pyridine rings is 1. The van der Waals surface area contributed by atoms with Gasteiger partial charge in [0.25, 0.3) is 5.56 Å². The van der Waals surface area contributed by atoms with Gasteiger partial charge in [0, 0.05) is 36.6 Å². The molecule has 1 fully saturated rings. The molecule has 0 aliphatic heterocycles. The Labute approximate surface area is 173 Å². The maximum Gasteiger partial charge on any atom is 0.293 e. The summed E-state index contributed by atoms with van der Waals surface area (Å²) in [7, 11) is 0. The minimum absolute atomic E-state index is 0.0769. The molecular formula is C21H26N6O3. The van der Waals surface area contributed by atoms with E-state index in [1.807, 2.05) is 18.3 Å². The Morgan fingerprint density at radius 2 is 2.20 bits per heavy atom. The summed E-state index contributed by atoms with van der Waals surface area (Å²) in [5.74, 6) is 0.669. The third-order valence-corrected chi connectivity index (χ3v) is 5.11. The molecule has 3 aromatic heterocycles. The zero-order valence-corrected chi connectivity index (χ0v) is 17.0. The second-order valence-electron chi connectivity index (χ2n) is 7.60. The van der Waals surface area contributed by atoms with Crippen molar-refractivity contribution >= 4 is 22.6 Å².